The number of rotatable bonds is 5. The summed E-state index contributed by atoms with van der Waals surface area (Å²) in [4.78, 5) is 28.2. The Morgan fingerprint density at radius 3 is 2.40 bits per heavy atom. The van der Waals surface area contributed by atoms with Gasteiger partial charge in [0, 0.05) is 0 Å². The maximum atomic E-state index is 12.9. The van der Waals surface area contributed by atoms with Crippen LogP contribution < -0.4 is 0 Å². The highest BCUT2D eigenvalue weighted by atomic mass is 19.3. The van der Waals surface area contributed by atoms with Crippen LogP contribution in [0.25, 0.3) is 0 Å². The van der Waals surface area contributed by atoms with Crippen LogP contribution in [0.15, 0.2) is 18.2 Å². The fourth-order valence-electron chi connectivity index (χ4n) is 1.69. The molecule has 2 rings (SSSR count). The monoisotopic (exact) mass is 287 g/mol. The summed E-state index contributed by atoms with van der Waals surface area (Å²) in [6.07, 6.45) is 0. The molecule has 0 fully saturated rings. The van der Waals surface area contributed by atoms with E-state index in [9.17, 15) is 18.4 Å². The van der Waals surface area contributed by atoms with Gasteiger partial charge in [-0.15, -0.1) is 5.06 Å². The van der Waals surface area contributed by atoms with E-state index in [2.05, 4.69) is 4.84 Å². The van der Waals surface area contributed by atoms with E-state index in [1.54, 1.807) is 0 Å². The maximum absolute atomic E-state index is 12.9. The van der Waals surface area contributed by atoms with Gasteiger partial charge in [0.2, 0.25) is 0 Å². The molecule has 1 aromatic rings. The van der Waals surface area contributed by atoms with Gasteiger partial charge in [0.05, 0.1) is 17.7 Å². The van der Waals surface area contributed by atoms with Crippen LogP contribution in [0.4, 0.5) is 8.78 Å². The Balaban J connectivity index is 2.20. The maximum Gasteiger partial charge on any atom is 0.296 e. The lowest BCUT2D eigenvalue weighted by atomic mass is 10.1. The van der Waals surface area contributed by atoms with Crippen molar-refractivity contribution in [1.82, 2.24) is 5.06 Å². The first kappa shape index (κ1) is 14.5. The highest BCUT2D eigenvalue weighted by Gasteiger charge is 2.39. The Morgan fingerprint density at radius 1 is 1.15 bits per heavy atom. The molecule has 0 bridgehead atoms. The molecule has 0 saturated carbocycles. The lowest BCUT2D eigenvalue weighted by Crippen LogP contribution is -2.37. The molecule has 0 unspecified atom stereocenters. The molecular weight excluding hydrogens is 276 g/mol. The number of aliphatic hydroxyl groups excluding tert-OH is 2. The normalized spacial score (nSPS) is 14.9. The first-order chi connectivity index (χ1) is 9.39. The SMILES string of the molecule is O=C1c2ccc(CO)cc2C(=O)N1OCC(F)(F)CO. The minimum atomic E-state index is -3.55. The predicted octanol–water partition coefficient (Wildman–Crippen LogP) is 0.334. The second-order valence-electron chi connectivity index (χ2n) is 4.23. The lowest BCUT2D eigenvalue weighted by Gasteiger charge is -2.17. The molecule has 6 nitrogen and oxygen atoms in total. The molecule has 1 heterocycles. The van der Waals surface area contributed by atoms with E-state index in [0.29, 0.717) is 5.56 Å². The summed E-state index contributed by atoms with van der Waals surface area (Å²) in [7, 11) is 0. The Bertz CT molecular complexity index is 561. The zero-order chi connectivity index (χ0) is 14.9. The molecule has 2 N–H and O–H groups in total. The zero-order valence-corrected chi connectivity index (χ0v) is 10.2. The van der Waals surface area contributed by atoms with Crippen molar-refractivity contribution in [3.63, 3.8) is 0 Å². The zero-order valence-electron chi connectivity index (χ0n) is 10.2. The van der Waals surface area contributed by atoms with E-state index in [-0.39, 0.29) is 22.8 Å². The number of carbonyl (C=O) groups is 2. The number of fused-ring (bicyclic) bond motifs is 1. The van der Waals surface area contributed by atoms with E-state index in [0.717, 1.165) is 0 Å². The summed E-state index contributed by atoms with van der Waals surface area (Å²) >= 11 is 0. The molecule has 2 amide bonds. The van der Waals surface area contributed by atoms with Crippen LogP contribution in [-0.2, 0) is 11.4 Å². The van der Waals surface area contributed by atoms with Crippen molar-refractivity contribution in [2.75, 3.05) is 13.2 Å². The highest BCUT2D eigenvalue weighted by molar-refractivity contribution is 6.20. The van der Waals surface area contributed by atoms with Crippen molar-refractivity contribution in [2.24, 2.45) is 0 Å². The molecule has 108 valence electrons. The summed E-state index contributed by atoms with van der Waals surface area (Å²) in [5.74, 6) is -5.29. The van der Waals surface area contributed by atoms with Crippen molar-refractivity contribution in [3.05, 3.63) is 34.9 Å². The van der Waals surface area contributed by atoms with Crippen molar-refractivity contribution < 1.29 is 33.4 Å². The minimum Gasteiger partial charge on any atom is -0.392 e. The van der Waals surface area contributed by atoms with E-state index < -0.39 is 31.0 Å². The second-order valence-corrected chi connectivity index (χ2v) is 4.23. The van der Waals surface area contributed by atoms with Crippen molar-refractivity contribution in [3.8, 4) is 0 Å². The molecule has 0 radical (unpaired) electrons. The summed E-state index contributed by atoms with van der Waals surface area (Å²) < 4.78 is 25.7. The average molecular weight is 287 g/mol. The van der Waals surface area contributed by atoms with Gasteiger partial charge in [0.25, 0.3) is 17.7 Å². The Morgan fingerprint density at radius 2 is 1.80 bits per heavy atom. The summed E-state index contributed by atoms with van der Waals surface area (Å²) in [6, 6.07) is 4.05. The van der Waals surface area contributed by atoms with E-state index >= 15 is 0 Å². The lowest BCUT2D eigenvalue weighted by molar-refractivity contribution is -0.174. The summed E-state index contributed by atoms with van der Waals surface area (Å²) in [5.41, 5.74) is 0.404. The fraction of sp³-hybridized carbons (Fsp3) is 0.333. The molecule has 0 atom stereocenters. The molecule has 0 saturated heterocycles. The van der Waals surface area contributed by atoms with Crippen LogP contribution in [0.2, 0.25) is 0 Å². The largest absolute Gasteiger partial charge is 0.392 e. The second kappa shape index (κ2) is 5.23. The van der Waals surface area contributed by atoms with Gasteiger partial charge in [-0.3, -0.25) is 14.4 Å². The number of hydrogen-bond donors (Lipinski definition) is 2. The third-order valence-corrected chi connectivity index (χ3v) is 2.73. The first-order valence-electron chi connectivity index (χ1n) is 5.64. The van der Waals surface area contributed by atoms with Gasteiger partial charge in [-0.05, 0) is 17.7 Å². The average Bonchev–Trinajstić information content (AvgIpc) is 2.68. The van der Waals surface area contributed by atoms with Crippen LogP contribution in [0.1, 0.15) is 26.3 Å². The van der Waals surface area contributed by atoms with Gasteiger partial charge in [-0.1, -0.05) is 6.07 Å². The number of hydrogen-bond acceptors (Lipinski definition) is 5. The van der Waals surface area contributed by atoms with Crippen LogP contribution in [0, 0.1) is 0 Å². The third kappa shape index (κ3) is 2.53. The number of carbonyl (C=O) groups excluding carboxylic acids is 2. The number of nitrogens with zero attached hydrogens (tertiary/aromatic N) is 1. The molecular formula is C12H11F2NO5. The standard InChI is InChI=1S/C12H11F2NO5/c13-12(14,5-17)6-20-15-10(18)8-2-1-7(4-16)3-9(8)11(15)19/h1-3,16-17H,4-6H2. The number of benzene rings is 1. The molecule has 0 aromatic heterocycles. The van der Waals surface area contributed by atoms with Gasteiger partial charge < -0.3 is 10.2 Å². The Kier molecular flexibility index (Phi) is 3.80. The summed E-state index contributed by atoms with van der Waals surface area (Å²) in [6.45, 7) is -3.06. The Hall–Kier alpha value is -1.90. The molecule has 1 aliphatic rings. The number of imide groups is 1. The molecule has 1 aromatic carbocycles. The Labute approximate surface area is 112 Å². The molecule has 0 spiro atoms. The molecule has 20 heavy (non-hydrogen) atoms. The van der Waals surface area contributed by atoms with Crippen molar-refractivity contribution in [2.45, 2.75) is 12.5 Å². The van der Waals surface area contributed by atoms with Crippen LogP contribution >= 0.6 is 0 Å². The van der Waals surface area contributed by atoms with Gasteiger partial charge in [-0.25, -0.2) is 8.78 Å². The van der Waals surface area contributed by atoms with Crippen LogP contribution in [0.3, 0.4) is 0 Å². The van der Waals surface area contributed by atoms with Gasteiger partial charge in [0.1, 0.15) is 13.2 Å². The molecule has 8 heteroatoms. The summed E-state index contributed by atoms with van der Waals surface area (Å²) in [5, 5.41) is 17.6. The van der Waals surface area contributed by atoms with E-state index in [1.807, 2.05) is 0 Å². The topological polar surface area (TPSA) is 87.1 Å². The van der Waals surface area contributed by atoms with E-state index in [1.165, 1.54) is 18.2 Å². The van der Waals surface area contributed by atoms with Crippen molar-refractivity contribution in [1.29, 1.82) is 0 Å². The van der Waals surface area contributed by atoms with Gasteiger partial charge >= 0.3 is 0 Å². The smallest absolute Gasteiger partial charge is 0.296 e. The first-order valence-corrected chi connectivity index (χ1v) is 5.64. The number of amides is 2. The van der Waals surface area contributed by atoms with Gasteiger partial charge in [0.15, 0.2) is 0 Å². The number of alkyl halides is 2. The van der Waals surface area contributed by atoms with Crippen molar-refractivity contribution >= 4 is 11.8 Å². The number of aliphatic hydroxyl groups is 2. The quantitative estimate of drug-likeness (QED) is 0.762. The third-order valence-electron chi connectivity index (χ3n) is 2.73. The molecule has 1 aliphatic heterocycles. The highest BCUT2D eigenvalue weighted by Crippen LogP contribution is 2.25. The number of hydroxylamine groups is 2. The molecule has 0 aliphatic carbocycles. The predicted molar refractivity (Wildman–Crippen MR) is 60.8 cm³/mol. The fourth-order valence-corrected chi connectivity index (χ4v) is 1.69. The van der Waals surface area contributed by atoms with E-state index in [4.69, 9.17) is 10.2 Å². The van der Waals surface area contributed by atoms with Crippen LogP contribution in [0.5, 0.6) is 0 Å². The van der Waals surface area contributed by atoms with Crippen LogP contribution in [-0.4, -0.2) is 46.2 Å². The minimum absolute atomic E-state index is 0.0134. The van der Waals surface area contributed by atoms with Gasteiger partial charge in [-0.2, -0.15) is 0 Å². The number of halogens is 2.